The monoisotopic (exact) mass is 356 g/mol. The largest absolute Gasteiger partial charge is 1.00 e. The van der Waals surface area contributed by atoms with Gasteiger partial charge < -0.3 is 13.8 Å². The third-order valence-electron chi connectivity index (χ3n) is 1.97. The van der Waals surface area contributed by atoms with Gasteiger partial charge in [-0.25, -0.2) is 17.8 Å². The van der Waals surface area contributed by atoms with Gasteiger partial charge in [-0.15, -0.1) is 0 Å². The van der Waals surface area contributed by atoms with Gasteiger partial charge in [-0.2, -0.15) is 0 Å². The maximum atomic E-state index is 12.1. The van der Waals surface area contributed by atoms with Gasteiger partial charge in [-0.05, 0) is 20.3 Å². The molecule has 2 atom stereocenters. The van der Waals surface area contributed by atoms with Gasteiger partial charge in [0.25, 0.3) is 0 Å². The summed E-state index contributed by atoms with van der Waals surface area (Å²) in [5, 5.41) is 0. The van der Waals surface area contributed by atoms with E-state index in [1.807, 2.05) is 0 Å². The van der Waals surface area contributed by atoms with E-state index in [-0.39, 0.29) is 36.2 Å². The summed E-state index contributed by atoms with van der Waals surface area (Å²) in [5.41, 5.74) is -1.17. The Balaban J connectivity index is 0. The Kier molecular flexibility index (Phi) is 12.5. The van der Waals surface area contributed by atoms with Crippen molar-refractivity contribution < 1.29 is 69.9 Å². The van der Waals surface area contributed by atoms with Gasteiger partial charge in [0.2, 0.25) is 10.4 Å². The minimum absolute atomic E-state index is 0. The van der Waals surface area contributed by atoms with E-state index in [9.17, 15) is 22.3 Å². The molecular weight excluding hydrogens is 338 g/mol. The Bertz CT molecular complexity index is 452. The zero-order valence-corrected chi connectivity index (χ0v) is 16.1. The molecule has 0 aliphatic carbocycles. The zero-order chi connectivity index (χ0) is 15.8. The Morgan fingerprint density at radius 2 is 1.81 bits per heavy atom. The van der Waals surface area contributed by atoms with Gasteiger partial charge >= 0.3 is 42.9 Å². The van der Waals surface area contributed by atoms with Crippen molar-refractivity contribution in [3.05, 3.63) is 0 Å². The predicted octanol–water partition coefficient (Wildman–Crippen LogP) is -1.35. The Labute approximate surface area is 146 Å². The molecule has 9 nitrogen and oxygen atoms in total. The van der Waals surface area contributed by atoms with Crippen molar-refractivity contribution in [3.8, 4) is 0 Å². The molecule has 0 saturated heterocycles. The van der Waals surface area contributed by atoms with Crippen LogP contribution in [0.25, 0.3) is 0 Å². The molecule has 0 fully saturated rings. The molecule has 12 heteroatoms. The summed E-state index contributed by atoms with van der Waals surface area (Å²) in [5.74, 6) is 0. The van der Waals surface area contributed by atoms with E-state index in [0.717, 1.165) is 0 Å². The molecule has 0 N–H and O–H groups in total. The van der Waals surface area contributed by atoms with Crippen LogP contribution >= 0.6 is 7.60 Å². The number of carbonyl (C=O) groups is 1. The Hall–Kier alpha value is 0.490. The van der Waals surface area contributed by atoms with Gasteiger partial charge in [0.05, 0.1) is 25.9 Å². The van der Waals surface area contributed by atoms with Crippen LogP contribution in [-0.2, 0) is 32.9 Å². The average Bonchev–Trinajstić information content (AvgIpc) is 2.33. The van der Waals surface area contributed by atoms with Gasteiger partial charge in [0.15, 0.2) is 0 Å². The molecule has 0 aliphatic rings. The van der Waals surface area contributed by atoms with Crippen molar-refractivity contribution in [1.82, 2.24) is 0 Å². The molecule has 0 aromatic heterocycles. The molecule has 0 spiro atoms. The first-order chi connectivity index (χ1) is 9.14. The molecule has 21 heavy (non-hydrogen) atoms. The molecular formula is C9H18NaO9PS. The minimum atomic E-state index is -4.87. The van der Waals surface area contributed by atoms with E-state index in [2.05, 4.69) is 4.18 Å². The summed E-state index contributed by atoms with van der Waals surface area (Å²) >= 11 is 0. The van der Waals surface area contributed by atoms with Crippen molar-refractivity contribution in [2.75, 3.05) is 19.8 Å². The van der Waals surface area contributed by atoms with Gasteiger partial charge in [0.1, 0.15) is 0 Å². The summed E-state index contributed by atoms with van der Waals surface area (Å²) in [6.45, 7) is 3.52. The third kappa shape index (κ3) is 10.8. The molecule has 0 heterocycles. The number of hydrogen-bond donors (Lipinski definition) is 0. The van der Waals surface area contributed by atoms with E-state index in [0.29, 0.717) is 6.42 Å². The number of ether oxygens (including phenoxy) is 1. The molecule has 0 aliphatic heterocycles. The van der Waals surface area contributed by atoms with Crippen LogP contribution in [0.4, 0.5) is 4.79 Å². The fourth-order valence-electron chi connectivity index (χ4n) is 0.926. The van der Waals surface area contributed by atoms with E-state index < -0.39 is 43.0 Å². The van der Waals surface area contributed by atoms with Gasteiger partial charge in [-0.3, -0.25) is 8.71 Å². The maximum Gasteiger partial charge on any atom is 1.00 e. The Morgan fingerprint density at radius 3 is 2.24 bits per heavy atom. The van der Waals surface area contributed by atoms with Crippen molar-refractivity contribution in [2.24, 2.45) is 0 Å². The second-order valence-corrected chi connectivity index (χ2v) is 6.51. The van der Waals surface area contributed by atoms with Crippen LogP contribution in [0.3, 0.4) is 0 Å². The quantitative estimate of drug-likeness (QED) is 0.153. The van der Waals surface area contributed by atoms with Gasteiger partial charge in [-0.1, -0.05) is 6.92 Å². The minimum Gasteiger partial charge on any atom is -0.726 e. The van der Waals surface area contributed by atoms with Crippen molar-refractivity contribution >= 4 is 23.7 Å². The van der Waals surface area contributed by atoms with Crippen LogP contribution in [0.15, 0.2) is 0 Å². The molecule has 2 unspecified atom stereocenters. The molecule has 0 aromatic rings. The van der Waals surface area contributed by atoms with E-state index in [1.54, 1.807) is 13.8 Å². The normalized spacial score (nSPS) is 15.6. The first-order valence-corrected chi connectivity index (χ1v) is 8.72. The molecule has 0 bridgehead atoms. The SMILES string of the molecule is CCOP(=O)(OCCOS(=O)(=O)[O-])C(=O)OC(C)CC.[Na+]. The summed E-state index contributed by atoms with van der Waals surface area (Å²) in [4.78, 5) is 11.7. The predicted molar refractivity (Wildman–Crippen MR) is 67.1 cm³/mol. The van der Waals surface area contributed by atoms with E-state index in [4.69, 9.17) is 13.8 Å². The smallest absolute Gasteiger partial charge is 0.726 e. The second kappa shape index (κ2) is 11.1. The molecule has 120 valence electrons. The van der Waals surface area contributed by atoms with Crippen LogP contribution in [0.1, 0.15) is 27.2 Å². The van der Waals surface area contributed by atoms with Crippen LogP contribution in [-0.4, -0.2) is 44.6 Å². The maximum absolute atomic E-state index is 12.1. The molecule has 0 aromatic carbocycles. The fraction of sp³-hybridized carbons (Fsp3) is 0.889. The summed E-state index contributed by atoms with van der Waals surface area (Å²) in [6, 6.07) is 0. The topological polar surface area (TPSA) is 128 Å². The molecule has 0 radical (unpaired) electrons. The number of rotatable bonds is 10. The summed E-state index contributed by atoms with van der Waals surface area (Å²) < 4.78 is 60.7. The van der Waals surface area contributed by atoms with E-state index in [1.165, 1.54) is 6.92 Å². The van der Waals surface area contributed by atoms with Crippen molar-refractivity contribution in [1.29, 1.82) is 0 Å². The van der Waals surface area contributed by atoms with Crippen LogP contribution < -0.4 is 29.6 Å². The van der Waals surface area contributed by atoms with Crippen molar-refractivity contribution in [2.45, 2.75) is 33.3 Å². The number of hydrogen-bond acceptors (Lipinski definition) is 9. The van der Waals surface area contributed by atoms with Crippen molar-refractivity contribution in [3.63, 3.8) is 0 Å². The van der Waals surface area contributed by atoms with Crippen LogP contribution in [0.2, 0.25) is 0 Å². The average molecular weight is 356 g/mol. The second-order valence-electron chi connectivity index (χ2n) is 3.58. The Morgan fingerprint density at radius 1 is 1.24 bits per heavy atom. The molecule has 0 rings (SSSR count). The van der Waals surface area contributed by atoms with E-state index >= 15 is 0 Å². The fourth-order valence-corrected chi connectivity index (χ4v) is 2.45. The summed E-state index contributed by atoms with van der Waals surface area (Å²) in [6.07, 6.45) is 0.0354. The van der Waals surface area contributed by atoms with Crippen LogP contribution in [0, 0.1) is 0 Å². The standard InChI is InChI=1S/C9H19O9PS.Na/c1-4-8(3)18-9(10)19(11,15-5-2)16-6-7-17-20(12,13)14;/h8H,4-7H2,1-3H3,(H,12,13,14);/q;+1/p-1. The third-order valence-corrected chi connectivity index (χ3v) is 4.10. The number of carbonyl (C=O) groups excluding carboxylic acids is 1. The first-order valence-electron chi connectivity index (χ1n) is 5.85. The van der Waals surface area contributed by atoms with Gasteiger partial charge in [0, 0.05) is 0 Å². The molecule has 0 amide bonds. The zero-order valence-electron chi connectivity index (χ0n) is 12.4. The summed E-state index contributed by atoms with van der Waals surface area (Å²) in [7, 11) is -9.07. The molecule has 0 saturated carbocycles. The first kappa shape index (κ1) is 23.8. The van der Waals surface area contributed by atoms with Crippen LogP contribution in [0.5, 0.6) is 0 Å².